The van der Waals surface area contributed by atoms with Gasteiger partial charge in [-0.05, 0) is 18.4 Å². The Balaban J connectivity index is 2.56. The average Bonchev–Trinajstić information content (AvgIpc) is 2.64. The summed E-state index contributed by atoms with van der Waals surface area (Å²) < 4.78 is 1.82. The van der Waals surface area contributed by atoms with Crippen LogP contribution in [0.15, 0.2) is 6.33 Å². The van der Waals surface area contributed by atoms with Gasteiger partial charge < -0.3 is 5.73 Å². The van der Waals surface area contributed by atoms with Gasteiger partial charge in [0.05, 0.1) is 6.42 Å². The molecule has 1 unspecified atom stereocenters. The van der Waals surface area contributed by atoms with Crippen LogP contribution in [0.5, 0.6) is 0 Å². The van der Waals surface area contributed by atoms with Gasteiger partial charge in [0.2, 0.25) is 0 Å². The number of hydrogen-bond acceptors (Lipinski definition) is 4. The van der Waals surface area contributed by atoms with Gasteiger partial charge >= 0.3 is 0 Å². The van der Waals surface area contributed by atoms with E-state index in [1.807, 2.05) is 11.6 Å². The smallest absolute Gasteiger partial charge is 0.140 e. The fourth-order valence-corrected chi connectivity index (χ4v) is 1.64. The lowest BCUT2D eigenvalue weighted by Crippen LogP contribution is -2.18. The van der Waals surface area contributed by atoms with Crippen molar-refractivity contribution >= 4 is 5.78 Å². The van der Waals surface area contributed by atoms with Gasteiger partial charge in [0, 0.05) is 13.0 Å². The molecule has 5 nitrogen and oxygen atoms in total. The largest absolute Gasteiger partial charge is 0.330 e. The molecule has 5 heteroatoms. The molecule has 0 aliphatic heterocycles. The van der Waals surface area contributed by atoms with Crippen LogP contribution in [-0.4, -0.2) is 27.1 Å². The molecule has 1 atom stereocenters. The van der Waals surface area contributed by atoms with Crippen LogP contribution in [0.25, 0.3) is 0 Å². The molecule has 0 fully saturated rings. The summed E-state index contributed by atoms with van der Waals surface area (Å²) in [5.41, 5.74) is 5.50. The van der Waals surface area contributed by atoms with Crippen molar-refractivity contribution in [3.8, 4) is 0 Å². The van der Waals surface area contributed by atoms with Crippen molar-refractivity contribution in [2.24, 2.45) is 17.6 Å². The van der Waals surface area contributed by atoms with Gasteiger partial charge in [-0.15, -0.1) is 0 Å². The standard InChI is InChI=1S/C12H22N4O/c1-9(2)7-16-12(14-8-15-16)5-11(17)4-10(3)6-13/h8-10H,4-7,13H2,1-3H3. The van der Waals surface area contributed by atoms with E-state index < -0.39 is 0 Å². The predicted molar refractivity (Wildman–Crippen MR) is 66.4 cm³/mol. The fourth-order valence-electron chi connectivity index (χ4n) is 1.64. The summed E-state index contributed by atoms with van der Waals surface area (Å²) in [6.07, 6.45) is 2.39. The number of nitrogens with two attached hydrogens (primary N) is 1. The van der Waals surface area contributed by atoms with Gasteiger partial charge in [0.1, 0.15) is 17.9 Å². The highest BCUT2D eigenvalue weighted by Gasteiger charge is 2.13. The molecule has 0 radical (unpaired) electrons. The zero-order valence-electron chi connectivity index (χ0n) is 10.9. The van der Waals surface area contributed by atoms with Crippen LogP contribution in [-0.2, 0) is 17.8 Å². The van der Waals surface area contributed by atoms with Crippen molar-refractivity contribution in [1.82, 2.24) is 14.8 Å². The number of rotatable bonds is 7. The highest BCUT2D eigenvalue weighted by atomic mass is 16.1. The Hall–Kier alpha value is -1.23. The lowest BCUT2D eigenvalue weighted by molar-refractivity contribution is -0.119. The Bertz CT molecular complexity index is 359. The molecule has 1 rings (SSSR count). The first-order valence-electron chi connectivity index (χ1n) is 6.11. The maximum absolute atomic E-state index is 11.8. The molecular formula is C12H22N4O. The minimum atomic E-state index is 0.181. The van der Waals surface area contributed by atoms with E-state index in [1.165, 1.54) is 6.33 Å². The van der Waals surface area contributed by atoms with E-state index in [-0.39, 0.29) is 11.7 Å². The maximum atomic E-state index is 11.8. The van der Waals surface area contributed by atoms with Crippen molar-refractivity contribution in [2.45, 2.75) is 40.2 Å². The lowest BCUT2D eigenvalue weighted by Gasteiger charge is -2.09. The zero-order chi connectivity index (χ0) is 12.8. The number of ketones is 1. The van der Waals surface area contributed by atoms with Crippen molar-refractivity contribution in [1.29, 1.82) is 0 Å². The summed E-state index contributed by atoms with van der Waals surface area (Å²) in [6, 6.07) is 0. The quantitative estimate of drug-likeness (QED) is 0.770. The second kappa shape index (κ2) is 6.49. The summed E-state index contributed by atoms with van der Waals surface area (Å²) in [5, 5.41) is 4.14. The van der Waals surface area contributed by atoms with Crippen LogP contribution >= 0.6 is 0 Å². The minimum Gasteiger partial charge on any atom is -0.330 e. The van der Waals surface area contributed by atoms with Gasteiger partial charge in [0.25, 0.3) is 0 Å². The predicted octanol–water partition coefficient (Wildman–Crippen LogP) is 1.03. The van der Waals surface area contributed by atoms with Gasteiger partial charge in [-0.25, -0.2) is 9.67 Å². The monoisotopic (exact) mass is 238 g/mol. The number of Topliss-reactive ketones (excluding diaryl/α,β-unsaturated/α-hetero) is 1. The molecule has 0 spiro atoms. The van der Waals surface area contributed by atoms with Crippen LogP contribution in [0.1, 0.15) is 33.0 Å². The number of nitrogens with zero attached hydrogens (tertiary/aromatic N) is 3. The Labute approximate surface area is 102 Å². The summed E-state index contributed by atoms with van der Waals surface area (Å²) in [4.78, 5) is 15.9. The molecule has 96 valence electrons. The highest BCUT2D eigenvalue weighted by Crippen LogP contribution is 2.06. The number of aromatic nitrogens is 3. The number of carbonyl (C=O) groups is 1. The molecule has 0 amide bonds. The summed E-state index contributed by atoms with van der Waals surface area (Å²) in [7, 11) is 0. The molecule has 17 heavy (non-hydrogen) atoms. The summed E-state index contributed by atoms with van der Waals surface area (Å²) >= 11 is 0. The first kappa shape index (κ1) is 13.8. The Kier molecular flexibility index (Phi) is 5.28. The van der Waals surface area contributed by atoms with E-state index in [0.29, 0.717) is 25.3 Å². The van der Waals surface area contributed by atoms with Crippen LogP contribution in [0.4, 0.5) is 0 Å². The van der Waals surface area contributed by atoms with E-state index in [1.54, 1.807) is 0 Å². The van der Waals surface area contributed by atoms with Crippen molar-refractivity contribution in [3.05, 3.63) is 12.2 Å². The zero-order valence-corrected chi connectivity index (χ0v) is 10.9. The third-order valence-corrected chi connectivity index (χ3v) is 2.57. The van der Waals surface area contributed by atoms with Gasteiger partial charge in [-0.2, -0.15) is 5.10 Å². The normalized spacial score (nSPS) is 13.0. The molecule has 0 saturated heterocycles. The van der Waals surface area contributed by atoms with E-state index in [0.717, 1.165) is 12.4 Å². The summed E-state index contributed by atoms with van der Waals surface area (Å²) in [6.45, 7) is 7.56. The molecule has 2 N–H and O–H groups in total. The van der Waals surface area contributed by atoms with Crippen molar-refractivity contribution < 1.29 is 4.79 Å². The van der Waals surface area contributed by atoms with E-state index in [4.69, 9.17) is 5.73 Å². The summed E-state index contributed by atoms with van der Waals surface area (Å²) in [5.74, 6) is 1.67. The first-order valence-corrected chi connectivity index (χ1v) is 6.11. The fraction of sp³-hybridized carbons (Fsp3) is 0.750. The van der Waals surface area contributed by atoms with Crippen LogP contribution < -0.4 is 5.73 Å². The first-order chi connectivity index (χ1) is 8.02. The van der Waals surface area contributed by atoms with Crippen molar-refractivity contribution in [3.63, 3.8) is 0 Å². The third kappa shape index (κ3) is 4.65. The Morgan fingerprint density at radius 3 is 2.76 bits per heavy atom. The molecule has 0 aromatic carbocycles. The van der Waals surface area contributed by atoms with Gasteiger partial charge in [-0.3, -0.25) is 4.79 Å². The van der Waals surface area contributed by atoms with Gasteiger partial charge in [0.15, 0.2) is 0 Å². The molecule has 1 aromatic heterocycles. The van der Waals surface area contributed by atoms with Gasteiger partial charge in [-0.1, -0.05) is 20.8 Å². The number of hydrogen-bond donors (Lipinski definition) is 1. The molecule has 0 aliphatic carbocycles. The average molecular weight is 238 g/mol. The highest BCUT2D eigenvalue weighted by molar-refractivity contribution is 5.80. The Morgan fingerprint density at radius 2 is 2.18 bits per heavy atom. The Morgan fingerprint density at radius 1 is 1.47 bits per heavy atom. The molecule has 1 aromatic rings. The topological polar surface area (TPSA) is 73.8 Å². The maximum Gasteiger partial charge on any atom is 0.140 e. The second-order valence-electron chi connectivity index (χ2n) is 5.01. The van der Waals surface area contributed by atoms with Crippen molar-refractivity contribution in [2.75, 3.05) is 6.54 Å². The third-order valence-electron chi connectivity index (χ3n) is 2.57. The van der Waals surface area contributed by atoms with Crippen LogP contribution in [0.3, 0.4) is 0 Å². The van der Waals surface area contributed by atoms with E-state index in [2.05, 4.69) is 23.9 Å². The van der Waals surface area contributed by atoms with Crippen LogP contribution in [0.2, 0.25) is 0 Å². The van der Waals surface area contributed by atoms with E-state index >= 15 is 0 Å². The molecule has 1 heterocycles. The number of carbonyl (C=O) groups excluding carboxylic acids is 1. The van der Waals surface area contributed by atoms with E-state index in [9.17, 15) is 4.79 Å². The second-order valence-corrected chi connectivity index (χ2v) is 5.01. The molecule has 0 aliphatic rings. The molecule has 0 bridgehead atoms. The lowest BCUT2D eigenvalue weighted by atomic mass is 10.0. The minimum absolute atomic E-state index is 0.181. The molecule has 0 saturated carbocycles. The van der Waals surface area contributed by atoms with Crippen LogP contribution in [0, 0.1) is 11.8 Å². The molecular weight excluding hydrogens is 216 g/mol. The SMILES string of the molecule is CC(C)Cn1ncnc1CC(=O)CC(C)CN.